The van der Waals surface area contributed by atoms with Gasteiger partial charge in [-0.05, 0) is 18.4 Å². The van der Waals surface area contributed by atoms with Gasteiger partial charge in [0.25, 0.3) is 0 Å². The first-order chi connectivity index (χ1) is 14.1. The van der Waals surface area contributed by atoms with Crippen molar-refractivity contribution in [3.63, 3.8) is 0 Å². The van der Waals surface area contributed by atoms with Gasteiger partial charge < -0.3 is 9.67 Å². The molecule has 0 radical (unpaired) electrons. The molecule has 150 valence electrons. The van der Waals surface area contributed by atoms with Crippen LogP contribution in [0.3, 0.4) is 0 Å². The van der Waals surface area contributed by atoms with E-state index in [4.69, 9.17) is 0 Å². The number of halogens is 1. The van der Waals surface area contributed by atoms with Gasteiger partial charge in [0.05, 0.1) is 0 Å². The maximum atomic E-state index is 16.5. The molecule has 1 N–H and O–H groups in total. The van der Waals surface area contributed by atoms with Crippen molar-refractivity contribution < 1.29 is 14.1 Å². The summed E-state index contributed by atoms with van der Waals surface area (Å²) in [5.41, 5.74) is -0.772. The molecule has 1 aliphatic rings. The highest BCUT2D eigenvalue weighted by Crippen LogP contribution is 2.59. The smallest absolute Gasteiger partial charge is 0.189 e. The number of rotatable bonds is 5. The van der Waals surface area contributed by atoms with Gasteiger partial charge in [0.2, 0.25) is 0 Å². The van der Waals surface area contributed by atoms with Crippen molar-refractivity contribution in [2.24, 2.45) is 0 Å². The van der Waals surface area contributed by atoms with E-state index in [1.807, 2.05) is 42.5 Å². The van der Waals surface area contributed by atoms with E-state index in [0.717, 1.165) is 18.4 Å². The topological polar surface area (TPSA) is 37.3 Å². The average molecular weight is 408 g/mol. The van der Waals surface area contributed by atoms with E-state index in [9.17, 15) is 9.67 Å². The first-order valence-corrected chi connectivity index (χ1v) is 12.0. The van der Waals surface area contributed by atoms with Crippen LogP contribution in [0, 0.1) is 0 Å². The predicted octanol–water partition coefficient (Wildman–Crippen LogP) is 5.39. The molecule has 3 atom stereocenters. The molecule has 1 aliphatic carbocycles. The van der Waals surface area contributed by atoms with Gasteiger partial charge in [0.15, 0.2) is 13.1 Å². The van der Waals surface area contributed by atoms with E-state index < -0.39 is 18.7 Å². The van der Waals surface area contributed by atoms with Gasteiger partial charge in [-0.1, -0.05) is 104 Å². The molecule has 29 heavy (non-hydrogen) atoms. The lowest BCUT2D eigenvalue weighted by Crippen LogP contribution is -2.49. The summed E-state index contributed by atoms with van der Waals surface area (Å²) >= 11 is 0. The normalized spacial score (nSPS) is 23.4. The molecule has 3 aromatic rings. The van der Waals surface area contributed by atoms with Crippen molar-refractivity contribution in [2.45, 2.75) is 43.1 Å². The third kappa shape index (κ3) is 3.58. The van der Waals surface area contributed by atoms with E-state index in [2.05, 4.69) is 0 Å². The van der Waals surface area contributed by atoms with Crippen LogP contribution in [0.5, 0.6) is 0 Å². The third-order valence-corrected chi connectivity index (χ3v) is 9.35. The van der Waals surface area contributed by atoms with E-state index in [1.165, 1.54) is 0 Å². The van der Waals surface area contributed by atoms with E-state index in [-0.39, 0.29) is 5.92 Å². The molecule has 1 fully saturated rings. The fraction of sp³-hybridized carbons (Fsp3) is 0.280. The van der Waals surface area contributed by atoms with Gasteiger partial charge in [-0.2, -0.15) is 0 Å². The highest BCUT2D eigenvalue weighted by Gasteiger charge is 2.55. The molecule has 4 heteroatoms. The highest BCUT2D eigenvalue weighted by atomic mass is 31.2. The monoisotopic (exact) mass is 408 g/mol. The summed E-state index contributed by atoms with van der Waals surface area (Å²) in [6.45, 7) is 0. The minimum atomic E-state index is -3.72. The average Bonchev–Trinajstić information content (AvgIpc) is 2.80. The number of aliphatic hydroxyl groups is 1. The molecule has 4 rings (SSSR count). The SMILES string of the molecule is O=P(c1ccccc1)(c1ccccc1)[C@H](F)[C@]1(O)CCCC[C@H]1c1ccccc1. The summed E-state index contributed by atoms with van der Waals surface area (Å²) in [5, 5.41) is 12.7. The van der Waals surface area contributed by atoms with Crippen molar-refractivity contribution in [1.29, 1.82) is 0 Å². The Hall–Kier alpha value is -2.22. The van der Waals surface area contributed by atoms with Crippen LogP contribution in [0.1, 0.15) is 37.2 Å². The zero-order valence-electron chi connectivity index (χ0n) is 16.3. The Balaban J connectivity index is 1.85. The first kappa shape index (κ1) is 20.1. The molecule has 0 bridgehead atoms. The number of hydrogen-bond donors (Lipinski definition) is 1. The van der Waals surface area contributed by atoms with Crippen molar-refractivity contribution in [2.75, 3.05) is 0 Å². The summed E-state index contributed by atoms with van der Waals surface area (Å²) < 4.78 is 31.0. The zero-order valence-corrected chi connectivity index (χ0v) is 17.2. The lowest BCUT2D eigenvalue weighted by atomic mass is 9.72. The predicted molar refractivity (Wildman–Crippen MR) is 117 cm³/mol. The third-order valence-electron chi connectivity index (χ3n) is 6.14. The minimum absolute atomic E-state index is 0.303. The van der Waals surface area contributed by atoms with Crippen molar-refractivity contribution in [3.8, 4) is 0 Å². The fourth-order valence-electron chi connectivity index (χ4n) is 4.63. The van der Waals surface area contributed by atoms with Crippen LogP contribution in [0.2, 0.25) is 0 Å². The fourth-order valence-corrected chi connectivity index (χ4v) is 7.62. The Bertz CT molecular complexity index is 934. The molecule has 0 amide bonds. The maximum Gasteiger partial charge on any atom is 0.189 e. The van der Waals surface area contributed by atoms with E-state index in [0.29, 0.717) is 23.5 Å². The van der Waals surface area contributed by atoms with Crippen molar-refractivity contribution >= 4 is 17.8 Å². The highest BCUT2D eigenvalue weighted by molar-refractivity contribution is 7.79. The molecule has 1 saturated carbocycles. The lowest BCUT2D eigenvalue weighted by molar-refractivity contribution is -0.0519. The van der Waals surface area contributed by atoms with Gasteiger partial charge in [-0.3, -0.25) is 0 Å². The Morgan fingerprint density at radius 2 is 1.31 bits per heavy atom. The van der Waals surface area contributed by atoms with E-state index >= 15 is 4.39 Å². The van der Waals surface area contributed by atoms with Crippen molar-refractivity contribution in [1.82, 2.24) is 0 Å². The summed E-state index contributed by atoms with van der Waals surface area (Å²) in [7, 11) is -3.72. The summed E-state index contributed by atoms with van der Waals surface area (Å²) in [5.74, 6) is -2.27. The van der Waals surface area contributed by atoms with Crippen LogP contribution in [0.15, 0.2) is 91.0 Å². The van der Waals surface area contributed by atoms with Crippen LogP contribution < -0.4 is 10.6 Å². The summed E-state index contributed by atoms with van der Waals surface area (Å²) in [6.07, 6.45) is 2.64. The number of alkyl halides is 1. The second kappa shape index (κ2) is 8.26. The Labute approximate surface area is 171 Å². The first-order valence-electron chi connectivity index (χ1n) is 10.2. The molecule has 3 aromatic carbocycles. The Morgan fingerprint density at radius 3 is 1.83 bits per heavy atom. The van der Waals surface area contributed by atoms with Crippen LogP contribution >= 0.6 is 7.14 Å². The molecule has 0 spiro atoms. The summed E-state index contributed by atoms with van der Waals surface area (Å²) in [6, 6.07) is 27.2. The van der Waals surface area contributed by atoms with Gasteiger partial charge in [0, 0.05) is 16.5 Å². The Kier molecular flexibility index (Phi) is 5.72. The molecule has 0 heterocycles. The second-order valence-electron chi connectivity index (χ2n) is 7.87. The van der Waals surface area contributed by atoms with Crippen molar-refractivity contribution in [3.05, 3.63) is 96.6 Å². The molecule has 0 saturated heterocycles. The standard InChI is InChI=1S/C25H26FO2P/c26-24(25(27)19-11-10-18-23(25)20-12-4-1-5-13-20)29(28,21-14-6-2-7-15-21)22-16-8-3-9-17-22/h1-9,12-17,23-24,27H,10-11,18-19H2/t23-,24-,25-/m0/s1. The van der Waals surface area contributed by atoms with E-state index in [1.54, 1.807) is 48.5 Å². The summed E-state index contributed by atoms with van der Waals surface area (Å²) in [4.78, 5) is 0. The second-order valence-corrected chi connectivity index (χ2v) is 10.7. The molecule has 2 nitrogen and oxygen atoms in total. The minimum Gasteiger partial charge on any atom is -0.386 e. The molecule has 0 aliphatic heterocycles. The van der Waals surface area contributed by atoms with Crippen LogP contribution in [0.4, 0.5) is 4.39 Å². The zero-order chi connectivity index (χ0) is 20.3. The van der Waals surface area contributed by atoms with Crippen LogP contribution in [-0.4, -0.2) is 16.6 Å². The molecule has 0 unspecified atom stereocenters. The molecular weight excluding hydrogens is 382 g/mol. The maximum absolute atomic E-state index is 16.5. The molecular formula is C25H26FO2P. The number of hydrogen-bond acceptors (Lipinski definition) is 2. The molecule has 0 aromatic heterocycles. The van der Waals surface area contributed by atoms with Gasteiger partial charge >= 0.3 is 0 Å². The largest absolute Gasteiger partial charge is 0.386 e. The number of benzene rings is 3. The van der Waals surface area contributed by atoms with Crippen LogP contribution in [-0.2, 0) is 4.57 Å². The Morgan fingerprint density at radius 1 is 0.828 bits per heavy atom. The quantitative estimate of drug-likeness (QED) is 0.575. The lowest BCUT2D eigenvalue weighted by Gasteiger charge is -2.44. The van der Waals surface area contributed by atoms with Gasteiger partial charge in [0.1, 0.15) is 5.60 Å². The van der Waals surface area contributed by atoms with Gasteiger partial charge in [-0.25, -0.2) is 4.39 Å². The van der Waals surface area contributed by atoms with Crippen LogP contribution in [0.25, 0.3) is 0 Å². The van der Waals surface area contributed by atoms with Gasteiger partial charge in [-0.15, -0.1) is 0 Å².